The fourth-order valence-corrected chi connectivity index (χ4v) is 1.32. The molecule has 1 aromatic carbocycles. The third kappa shape index (κ3) is 1.91. The summed E-state index contributed by atoms with van der Waals surface area (Å²) in [5, 5.41) is 0.505. The molecule has 0 saturated carbocycles. The van der Waals surface area contributed by atoms with E-state index in [0.717, 1.165) is 0 Å². The van der Waals surface area contributed by atoms with Gasteiger partial charge in [-0.1, -0.05) is 12.1 Å². The van der Waals surface area contributed by atoms with Crippen LogP contribution in [0.4, 0.5) is 13.2 Å². The van der Waals surface area contributed by atoms with Crippen molar-refractivity contribution in [1.29, 1.82) is 0 Å². The van der Waals surface area contributed by atoms with Crippen LogP contribution in [0.1, 0.15) is 0 Å². The number of hydrogen-bond donors (Lipinski definition) is 1. The van der Waals surface area contributed by atoms with E-state index in [0.29, 0.717) is 10.9 Å². The summed E-state index contributed by atoms with van der Waals surface area (Å²) >= 11 is 0. The van der Waals surface area contributed by atoms with Gasteiger partial charge in [0.25, 0.3) is 0 Å². The predicted molar refractivity (Wildman–Crippen MR) is 49.8 cm³/mol. The van der Waals surface area contributed by atoms with E-state index in [9.17, 15) is 13.2 Å². The topological polar surface area (TPSA) is 25.0 Å². The molecular formula is C10H8F3NO. The minimum absolute atomic E-state index is 0.0479. The Bertz CT molecular complexity index is 466. The van der Waals surface area contributed by atoms with Gasteiger partial charge in [-0.05, 0) is 12.1 Å². The van der Waals surface area contributed by atoms with Crippen LogP contribution in [-0.2, 0) is 0 Å². The zero-order chi connectivity index (χ0) is 10.9. The zero-order valence-corrected chi connectivity index (χ0v) is 7.64. The molecule has 2 aromatic rings. The SMILES string of the molecule is FCC(F)(F)Oc1c[nH]c2ccccc12. The lowest BCUT2D eigenvalue weighted by Crippen LogP contribution is -2.26. The highest BCUT2D eigenvalue weighted by Crippen LogP contribution is 2.29. The van der Waals surface area contributed by atoms with E-state index < -0.39 is 12.8 Å². The van der Waals surface area contributed by atoms with E-state index >= 15 is 0 Å². The smallest absolute Gasteiger partial charge is 0.427 e. The molecule has 15 heavy (non-hydrogen) atoms. The minimum Gasteiger partial charge on any atom is -0.428 e. The van der Waals surface area contributed by atoms with Crippen LogP contribution in [-0.4, -0.2) is 17.8 Å². The Kier molecular flexibility index (Phi) is 2.30. The number of halogens is 3. The van der Waals surface area contributed by atoms with Gasteiger partial charge in [0.05, 0.1) is 0 Å². The lowest BCUT2D eigenvalue weighted by Gasteiger charge is -2.13. The number of fused-ring (bicyclic) bond motifs is 1. The van der Waals surface area contributed by atoms with Crippen LogP contribution in [0.15, 0.2) is 30.5 Å². The first-order valence-electron chi connectivity index (χ1n) is 4.31. The van der Waals surface area contributed by atoms with Gasteiger partial charge in [-0.3, -0.25) is 0 Å². The first-order valence-corrected chi connectivity index (χ1v) is 4.31. The summed E-state index contributed by atoms with van der Waals surface area (Å²) in [4.78, 5) is 2.75. The van der Waals surface area contributed by atoms with Crippen molar-refractivity contribution in [1.82, 2.24) is 4.98 Å². The Balaban J connectivity index is 2.37. The standard InChI is InChI=1S/C10H8F3NO/c11-6-10(12,13)15-9-5-14-8-4-2-1-3-7(8)9/h1-5,14H,6H2. The van der Waals surface area contributed by atoms with Crippen molar-refractivity contribution in [2.75, 3.05) is 6.67 Å². The summed E-state index contributed by atoms with van der Waals surface area (Å²) in [6.07, 6.45) is -2.49. The maximum Gasteiger partial charge on any atom is 0.427 e. The lowest BCUT2D eigenvalue weighted by atomic mass is 10.2. The van der Waals surface area contributed by atoms with Crippen molar-refractivity contribution < 1.29 is 17.9 Å². The number of hydrogen-bond acceptors (Lipinski definition) is 1. The van der Waals surface area contributed by atoms with Gasteiger partial charge >= 0.3 is 6.11 Å². The molecule has 1 aromatic heterocycles. The summed E-state index contributed by atoms with van der Waals surface area (Å²) in [5.41, 5.74) is 0.669. The van der Waals surface area contributed by atoms with Crippen LogP contribution < -0.4 is 4.74 Å². The average molecular weight is 215 g/mol. The fraction of sp³-hybridized carbons (Fsp3) is 0.200. The average Bonchev–Trinajstić information content (AvgIpc) is 2.62. The second-order valence-electron chi connectivity index (χ2n) is 3.07. The molecule has 0 aliphatic rings. The Morgan fingerprint density at radius 3 is 2.73 bits per heavy atom. The van der Waals surface area contributed by atoms with Crippen LogP contribution >= 0.6 is 0 Å². The highest BCUT2D eigenvalue weighted by Gasteiger charge is 2.32. The molecule has 80 valence electrons. The first kappa shape index (κ1) is 9.89. The van der Waals surface area contributed by atoms with Crippen molar-refractivity contribution >= 4 is 10.9 Å². The molecular weight excluding hydrogens is 207 g/mol. The number of alkyl halides is 3. The highest BCUT2D eigenvalue weighted by molar-refractivity contribution is 5.85. The van der Waals surface area contributed by atoms with Crippen LogP contribution in [0.2, 0.25) is 0 Å². The molecule has 0 radical (unpaired) electrons. The van der Waals surface area contributed by atoms with Crippen molar-refractivity contribution in [3.8, 4) is 5.75 Å². The maximum atomic E-state index is 12.6. The summed E-state index contributed by atoms with van der Waals surface area (Å²) in [5.74, 6) is -0.0479. The van der Waals surface area contributed by atoms with Crippen molar-refractivity contribution in [3.63, 3.8) is 0 Å². The number of nitrogens with one attached hydrogen (secondary N) is 1. The second-order valence-corrected chi connectivity index (χ2v) is 3.07. The number of para-hydroxylation sites is 1. The van der Waals surface area contributed by atoms with Gasteiger partial charge in [0.15, 0.2) is 12.4 Å². The van der Waals surface area contributed by atoms with E-state index in [4.69, 9.17) is 0 Å². The number of ether oxygens (including phenoxy) is 1. The van der Waals surface area contributed by atoms with Gasteiger partial charge in [0.1, 0.15) is 0 Å². The van der Waals surface area contributed by atoms with Crippen LogP contribution in [0.3, 0.4) is 0 Å². The Morgan fingerprint density at radius 2 is 2.00 bits per heavy atom. The molecule has 0 saturated heterocycles. The molecule has 1 N–H and O–H groups in total. The van der Waals surface area contributed by atoms with Crippen molar-refractivity contribution in [2.24, 2.45) is 0 Å². The lowest BCUT2D eigenvalue weighted by molar-refractivity contribution is -0.185. The third-order valence-corrected chi connectivity index (χ3v) is 1.97. The maximum absolute atomic E-state index is 12.6. The molecule has 5 heteroatoms. The molecule has 0 spiro atoms. The number of aromatic amines is 1. The van der Waals surface area contributed by atoms with E-state index in [1.54, 1.807) is 24.3 Å². The summed E-state index contributed by atoms with van der Waals surface area (Å²) in [7, 11) is 0. The Labute approximate surface area is 83.7 Å². The fourth-order valence-electron chi connectivity index (χ4n) is 1.32. The van der Waals surface area contributed by atoms with Gasteiger partial charge < -0.3 is 9.72 Å². The van der Waals surface area contributed by atoms with Gasteiger partial charge in [0.2, 0.25) is 0 Å². The Hall–Kier alpha value is -1.65. The van der Waals surface area contributed by atoms with E-state index in [2.05, 4.69) is 9.72 Å². The predicted octanol–water partition coefficient (Wildman–Crippen LogP) is 3.11. The van der Waals surface area contributed by atoms with E-state index in [1.165, 1.54) is 6.20 Å². The molecule has 0 atom stereocenters. The van der Waals surface area contributed by atoms with Crippen LogP contribution in [0.25, 0.3) is 10.9 Å². The van der Waals surface area contributed by atoms with Crippen LogP contribution in [0, 0.1) is 0 Å². The molecule has 0 bridgehead atoms. The normalized spacial score (nSPS) is 11.9. The number of H-pyrrole nitrogens is 1. The molecule has 0 unspecified atom stereocenters. The molecule has 0 aliphatic heterocycles. The molecule has 0 fully saturated rings. The van der Waals surface area contributed by atoms with Crippen molar-refractivity contribution in [2.45, 2.75) is 6.11 Å². The zero-order valence-electron chi connectivity index (χ0n) is 7.64. The largest absolute Gasteiger partial charge is 0.428 e. The monoisotopic (exact) mass is 215 g/mol. The second kappa shape index (κ2) is 3.49. The molecule has 0 aliphatic carbocycles. The van der Waals surface area contributed by atoms with Gasteiger partial charge in [-0.25, -0.2) is 4.39 Å². The van der Waals surface area contributed by atoms with E-state index in [-0.39, 0.29) is 5.75 Å². The minimum atomic E-state index is -3.77. The molecule has 1 heterocycles. The molecule has 2 rings (SSSR count). The van der Waals surface area contributed by atoms with Crippen molar-refractivity contribution in [3.05, 3.63) is 30.5 Å². The number of rotatable bonds is 3. The number of benzene rings is 1. The Morgan fingerprint density at radius 1 is 1.27 bits per heavy atom. The summed E-state index contributed by atoms with van der Waals surface area (Å²) in [6.45, 7) is -1.84. The third-order valence-electron chi connectivity index (χ3n) is 1.97. The van der Waals surface area contributed by atoms with Gasteiger partial charge in [-0.15, -0.1) is 0 Å². The first-order chi connectivity index (χ1) is 7.12. The quantitative estimate of drug-likeness (QED) is 0.836. The van der Waals surface area contributed by atoms with Gasteiger partial charge in [0, 0.05) is 17.1 Å². The summed E-state index contributed by atoms with van der Waals surface area (Å²) in [6, 6.07) is 6.79. The molecule has 2 nitrogen and oxygen atoms in total. The number of aromatic nitrogens is 1. The van der Waals surface area contributed by atoms with Crippen LogP contribution in [0.5, 0.6) is 5.75 Å². The van der Waals surface area contributed by atoms with Gasteiger partial charge in [-0.2, -0.15) is 8.78 Å². The highest BCUT2D eigenvalue weighted by atomic mass is 19.3. The summed E-state index contributed by atoms with van der Waals surface area (Å²) < 4.78 is 41.4. The van der Waals surface area contributed by atoms with E-state index in [1.807, 2.05) is 0 Å². The molecule has 0 amide bonds.